The van der Waals surface area contributed by atoms with Gasteiger partial charge in [0.15, 0.2) is 0 Å². The summed E-state index contributed by atoms with van der Waals surface area (Å²) in [6.07, 6.45) is 8.08. The fourth-order valence-electron chi connectivity index (χ4n) is 5.46. The third-order valence-electron chi connectivity index (χ3n) is 7.41. The summed E-state index contributed by atoms with van der Waals surface area (Å²) in [5, 5.41) is 10.8. The van der Waals surface area contributed by atoms with Crippen LogP contribution >= 0.6 is 0 Å². The SMILES string of the molecule is O=C(c1nccc2ccccc12)N1CC(c2nncn2CC2CC2)C2(CCOCC2)C1. The van der Waals surface area contributed by atoms with Gasteiger partial charge in [0.25, 0.3) is 5.91 Å². The minimum atomic E-state index is -0.00711. The van der Waals surface area contributed by atoms with Crippen molar-refractivity contribution in [2.75, 3.05) is 26.3 Å². The van der Waals surface area contributed by atoms with Crippen LogP contribution in [0.25, 0.3) is 10.8 Å². The molecule has 1 atom stereocenters. The number of hydrogen-bond acceptors (Lipinski definition) is 5. The van der Waals surface area contributed by atoms with Gasteiger partial charge in [-0.25, -0.2) is 0 Å². The maximum Gasteiger partial charge on any atom is 0.273 e. The van der Waals surface area contributed by atoms with Crippen LogP contribution in [0.15, 0.2) is 42.9 Å². The Morgan fingerprint density at radius 2 is 2.00 bits per heavy atom. The molecule has 7 heteroatoms. The predicted molar refractivity (Wildman–Crippen MR) is 116 cm³/mol. The van der Waals surface area contributed by atoms with Gasteiger partial charge in [0, 0.05) is 55.8 Å². The van der Waals surface area contributed by atoms with Crippen LogP contribution < -0.4 is 0 Å². The van der Waals surface area contributed by atoms with Gasteiger partial charge < -0.3 is 14.2 Å². The maximum absolute atomic E-state index is 13.7. The van der Waals surface area contributed by atoms with Gasteiger partial charge in [-0.15, -0.1) is 10.2 Å². The number of nitrogens with zero attached hydrogens (tertiary/aromatic N) is 5. The molecule has 2 aliphatic heterocycles. The molecule has 0 N–H and O–H groups in total. The van der Waals surface area contributed by atoms with E-state index in [1.54, 1.807) is 6.20 Å². The number of ether oxygens (including phenoxy) is 1. The Hall–Kier alpha value is -2.80. The number of amides is 1. The van der Waals surface area contributed by atoms with Crippen LogP contribution in [0.3, 0.4) is 0 Å². The van der Waals surface area contributed by atoms with Crippen molar-refractivity contribution < 1.29 is 9.53 Å². The zero-order valence-corrected chi connectivity index (χ0v) is 17.6. The van der Waals surface area contributed by atoms with Crippen molar-refractivity contribution in [1.29, 1.82) is 0 Å². The number of carbonyl (C=O) groups is 1. The number of fused-ring (bicyclic) bond motifs is 1. The van der Waals surface area contributed by atoms with E-state index in [-0.39, 0.29) is 17.2 Å². The molecule has 3 fully saturated rings. The Bertz CT molecular complexity index is 1110. The van der Waals surface area contributed by atoms with E-state index in [2.05, 4.69) is 19.7 Å². The van der Waals surface area contributed by atoms with Crippen molar-refractivity contribution in [2.24, 2.45) is 11.3 Å². The van der Waals surface area contributed by atoms with Crippen LogP contribution in [0.4, 0.5) is 0 Å². The van der Waals surface area contributed by atoms with E-state index in [4.69, 9.17) is 4.74 Å². The fraction of sp³-hybridized carbons (Fsp3) is 0.500. The minimum absolute atomic E-state index is 0.00711. The van der Waals surface area contributed by atoms with Crippen LogP contribution in [-0.2, 0) is 11.3 Å². The summed E-state index contributed by atoms with van der Waals surface area (Å²) in [5.74, 6) is 1.98. The summed E-state index contributed by atoms with van der Waals surface area (Å²) in [5.41, 5.74) is 0.535. The molecule has 160 valence electrons. The van der Waals surface area contributed by atoms with Gasteiger partial charge in [0.05, 0.1) is 0 Å². The number of benzene rings is 1. The van der Waals surface area contributed by atoms with Gasteiger partial charge in [-0.2, -0.15) is 0 Å². The molecule has 1 spiro atoms. The summed E-state index contributed by atoms with van der Waals surface area (Å²) >= 11 is 0. The second-order valence-corrected chi connectivity index (χ2v) is 9.38. The molecule has 2 aromatic heterocycles. The first kappa shape index (κ1) is 18.9. The molecule has 4 heterocycles. The normalized spacial score (nSPS) is 23.0. The van der Waals surface area contributed by atoms with Gasteiger partial charge in [0.1, 0.15) is 17.8 Å². The van der Waals surface area contributed by atoms with Crippen LogP contribution in [0.2, 0.25) is 0 Å². The fourth-order valence-corrected chi connectivity index (χ4v) is 5.46. The number of likely N-dealkylation sites (tertiary alicyclic amines) is 1. The molecule has 31 heavy (non-hydrogen) atoms. The van der Waals surface area contributed by atoms with Gasteiger partial charge in [-0.3, -0.25) is 9.78 Å². The van der Waals surface area contributed by atoms with E-state index in [9.17, 15) is 4.79 Å². The standard InChI is InChI=1S/C24H27N5O2/c30-23(21-19-4-2-1-3-18(19)7-10-25-21)28-14-20(24(15-28)8-11-31-12-9-24)22-27-26-16-29(22)13-17-5-6-17/h1-4,7,10,16-17,20H,5-6,8-9,11-15H2. The summed E-state index contributed by atoms with van der Waals surface area (Å²) in [4.78, 5) is 20.2. The van der Waals surface area contributed by atoms with Crippen molar-refractivity contribution in [3.63, 3.8) is 0 Å². The van der Waals surface area contributed by atoms with Gasteiger partial charge in [0.2, 0.25) is 0 Å². The Morgan fingerprint density at radius 3 is 2.84 bits per heavy atom. The molecule has 1 aliphatic carbocycles. The topological polar surface area (TPSA) is 73.1 Å². The van der Waals surface area contributed by atoms with E-state index < -0.39 is 0 Å². The predicted octanol–water partition coefficient (Wildman–Crippen LogP) is 3.27. The number of hydrogen-bond donors (Lipinski definition) is 0. The number of aromatic nitrogens is 4. The highest BCUT2D eigenvalue weighted by molar-refractivity contribution is 6.05. The van der Waals surface area contributed by atoms with E-state index in [1.165, 1.54) is 12.8 Å². The lowest BCUT2D eigenvalue weighted by Crippen LogP contribution is -2.38. The van der Waals surface area contributed by atoms with Gasteiger partial charge in [-0.05, 0) is 43.1 Å². The first-order chi connectivity index (χ1) is 15.2. The van der Waals surface area contributed by atoms with E-state index in [0.717, 1.165) is 61.7 Å². The largest absolute Gasteiger partial charge is 0.381 e. The maximum atomic E-state index is 13.7. The average Bonchev–Trinajstić information content (AvgIpc) is 3.40. The zero-order valence-electron chi connectivity index (χ0n) is 17.6. The van der Waals surface area contributed by atoms with Crippen LogP contribution in [-0.4, -0.2) is 56.9 Å². The van der Waals surface area contributed by atoms with E-state index in [0.29, 0.717) is 12.2 Å². The number of rotatable bonds is 4. The highest BCUT2D eigenvalue weighted by atomic mass is 16.5. The van der Waals surface area contributed by atoms with Crippen molar-refractivity contribution >= 4 is 16.7 Å². The Morgan fingerprint density at radius 1 is 1.16 bits per heavy atom. The second kappa shape index (κ2) is 7.41. The third-order valence-corrected chi connectivity index (χ3v) is 7.41. The number of pyridine rings is 1. The Labute approximate surface area is 181 Å². The first-order valence-corrected chi connectivity index (χ1v) is 11.3. The molecule has 2 saturated heterocycles. The second-order valence-electron chi connectivity index (χ2n) is 9.38. The lowest BCUT2D eigenvalue weighted by Gasteiger charge is -2.37. The van der Waals surface area contributed by atoms with Gasteiger partial charge >= 0.3 is 0 Å². The first-order valence-electron chi connectivity index (χ1n) is 11.3. The molecule has 1 amide bonds. The smallest absolute Gasteiger partial charge is 0.273 e. The Balaban J connectivity index is 1.35. The molecule has 7 nitrogen and oxygen atoms in total. The quantitative estimate of drug-likeness (QED) is 0.651. The lowest BCUT2D eigenvalue weighted by atomic mass is 9.71. The molecule has 1 aromatic carbocycles. The Kier molecular flexibility index (Phi) is 4.52. The molecule has 1 saturated carbocycles. The highest BCUT2D eigenvalue weighted by Crippen LogP contribution is 2.49. The van der Waals surface area contributed by atoms with E-state index in [1.807, 2.05) is 41.6 Å². The summed E-state index contributed by atoms with van der Waals surface area (Å²) in [7, 11) is 0. The monoisotopic (exact) mass is 417 g/mol. The van der Waals surface area contributed by atoms with Crippen molar-refractivity contribution in [1.82, 2.24) is 24.6 Å². The van der Waals surface area contributed by atoms with Crippen LogP contribution in [0.5, 0.6) is 0 Å². The molecular formula is C24H27N5O2. The molecule has 6 rings (SSSR count). The minimum Gasteiger partial charge on any atom is -0.381 e. The third kappa shape index (κ3) is 3.31. The summed E-state index contributed by atoms with van der Waals surface area (Å²) < 4.78 is 7.95. The van der Waals surface area contributed by atoms with Crippen molar-refractivity contribution in [3.8, 4) is 0 Å². The summed E-state index contributed by atoms with van der Waals surface area (Å²) in [6.45, 7) is 3.85. The van der Waals surface area contributed by atoms with Crippen molar-refractivity contribution in [2.45, 2.75) is 38.1 Å². The molecule has 3 aliphatic rings. The summed E-state index contributed by atoms with van der Waals surface area (Å²) in [6, 6.07) is 9.93. The highest BCUT2D eigenvalue weighted by Gasteiger charge is 2.51. The molecule has 1 unspecified atom stereocenters. The van der Waals surface area contributed by atoms with E-state index >= 15 is 0 Å². The molecule has 0 bridgehead atoms. The molecular weight excluding hydrogens is 390 g/mol. The number of carbonyl (C=O) groups excluding carboxylic acids is 1. The average molecular weight is 418 g/mol. The molecule has 0 radical (unpaired) electrons. The van der Waals surface area contributed by atoms with Crippen LogP contribution in [0.1, 0.15) is 47.9 Å². The van der Waals surface area contributed by atoms with Gasteiger partial charge in [-0.1, -0.05) is 24.3 Å². The van der Waals surface area contributed by atoms with Crippen molar-refractivity contribution in [3.05, 3.63) is 54.4 Å². The molecule has 3 aromatic rings. The lowest BCUT2D eigenvalue weighted by molar-refractivity contribution is 0.0107. The van der Waals surface area contributed by atoms with Crippen LogP contribution in [0, 0.1) is 11.3 Å². The zero-order chi connectivity index (χ0) is 20.8.